The fraction of sp³-hybridized carbons (Fsp3) is 0.556. The van der Waals surface area contributed by atoms with Crippen molar-refractivity contribution in [2.24, 2.45) is 4.99 Å². The summed E-state index contributed by atoms with van der Waals surface area (Å²) in [5, 5.41) is 24.4. The third-order valence-corrected chi connectivity index (χ3v) is 2.41. The van der Waals surface area contributed by atoms with Crippen molar-refractivity contribution in [3.05, 3.63) is 11.8 Å². The van der Waals surface area contributed by atoms with Gasteiger partial charge in [0.05, 0.1) is 12.2 Å². The summed E-state index contributed by atoms with van der Waals surface area (Å²) in [7, 11) is 0. The first-order valence-electron chi connectivity index (χ1n) is 4.73. The molecule has 0 radical (unpaired) electrons. The average molecular weight is 211 g/mol. The largest absolute Gasteiger partial charge is 0.379 e. The summed E-state index contributed by atoms with van der Waals surface area (Å²) in [4.78, 5) is 15.4. The van der Waals surface area contributed by atoms with Gasteiger partial charge in [0.25, 0.3) is 5.91 Å². The Morgan fingerprint density at radius 1 is 1.67 bits per heavy atom. The third-order valence-electron chi connectivity index (χ3n) is 2.41. The summed E-state index contributed by atoms with van der Waals surface area (Å²) < 4.78 is 0. The smallest absolute Gasteiger partial charge is 0.259 e. The van der Waals surface area contributed by atoms with Crippen molar-refractivity contribution in [1.82, 2.24) is 10.6 Å². The van der Waals surface area contributed by atoms with E-state index in [2.05, 4.69) is 15.6 Å². The van der Waals surface area contributed by atoms with Crippen molar-refractivity contribution >= 4 is 11.7 Å². The van der Waals surface area contributed by atoms with Gasteiger partial charge in [0.15, 0.2) is 17.7 Å². The van der Waals surface area contributed by atoms with Gasteiger partial charge in [0, 0.05) is 6.42 Å². The van der Waals surface area contributed by atoms with E-state index in [-0.39, 0.29) is 12.4 Å². The number of β-amino-alcohol motifs (C(OH)–C–C–N with tert-alkyl or cyclic N) is 1. The summed E-state index contributed by atoms with van der Waals surface area (Å²) in [5.41, 5.74) is -0.822. The van der Waals surface area contributed by atoms with Crippen LogP contribution in [0.2, 0.25) is 0 Å². The van der Waals surface area contributed by atoms with E-state index in [0.717, 1.165) is 0 Å². The lowest BCUT2D eigenvalue weighted by molar-refractivity contribution is -0.135. The molecular weight excluding hydrogens is 198 g/mol. The SMILES string of the molecule is C[C@@]1(O)CNC2=CCC(O)N=C2NC1=O. The standard InChI is InChI=1S/C9H13N3O3/c1-9(15)4-10-5-2-3-6(13)11-7(5)12-8(9)14/h2,6,10,13,15H,3-4H2,1H3,(H,11,12,14)/t6?,9-/m1/s1. The number of aliphatic hydroxyl groups excluding tert-OH is 1. The Balaban J connectivity index is 2.29. The summed E-state index contributed by atoms with van der Waals surface area (Å²) in [6, 6.07) is 0. The molecule has 0 aromatic carbocycles. The lowest BCUT2D eigenvalue weighted by Gasteiger charge is -2.17. The van der Waals surface area contributed by atoms with E-state index in [1.165, 1.54) is 6.92 Å². The molecule has 2 aliphatic heterocycles. The van der Waals surface area contributed by atoms with Crippen LogP contribution in [0.15, 0.2) is 16.8 Å². The van der Waals surface area contributed by atoms with Gasteiger partial charge in [-0.2, -0.15) is 0 Å². The molecule has 0 aromatic rings. The van der Waals surface area contributed by atoms with E-state index in [9.17, 15) is 15.0 Å². The minimum atomic E-state index is -1.47. The van der Waals surface area contributed by atoms with Crippen molar-refractivity contribution in [2.45, 2.75) is 25.2 Å². The zero-order valence-electron chi connectivity index (χ0n) is 8.32. The van der Waals surface area contributed by atoms with Crippen molar-refractivity contribution in [1.29, 1.82) is 0 Å². The maximum absolute atomic E-state index is 11.5. The van der Waals surface area contributed by atoms with Crippen LogP contribution in [0.3, 0.4) is 0 Å². The molecule has 1 unspecified atom stereocenters. The second kappa shape index (κ2) is 3.32. The number of hydrogen-bond acceptors (Lipinski definition) is 5. The van der Waals surface area contributed by atoms with Crippen molar-refractivity contribution in [2.75, 3.05) is 6.54 Å². The summed E-state index contributed by atoms with van der Waals surface area (Å²) in [6.45, 7) is 1.55. The number of carbonyl (C=O) groups excluding carboxylic acids is 1. The second-order valence-corrected chi connectivity index (χ2v) is 3.89. The number of carbonyl (C=O) groups is 1. The molecule has 1 saturated heterocycles. The van der Waals surface area contributed by atoms with Crippen LogP contribution in [-0.4, -0.2) is 40.3 Å². The zero-order valence-corrected chi connectivity index (χ0v) is 8.32. The van der Waals surface area contributed by atoms with Gasteiger partial charge >= 0.3 is 0 Å². The number of aliphatic imine (C=N–C) groups is 1. The van der Waals surface area contributed by atoms with E-state index < -0.39 is 17.7 Å². The van der Waals surface area contributed by atoms with Crippen LogP contribution in [0, 0.1) is 0 Å². The van der Waals surface area contributed by atoms with Gasteiger partial charge in [-0.25, -0.2) is 4.99 Å². The van der Waals surface area contributed by atoms with Gasteiger partial charge < -0.3 is 20.8 Å². The minimum absolute atomic E-state index is 0.125. The first-order chi connectivity index (χ1) is 6.99. The number of amides is 1. The van der Waals surface area contributed by atoms with E-state index in [1.54, 1.807) is 6.08 Å². The molecule has 2 atom stereocenters. The molecule has 6 heteroatoms. The predicted molar refractivity (Wildman–Crippen MR) is 52.9 cm³/mol. The van der Waals surface area contributed by atoms with Crippen LogP contribution in [0.1, 0.15) is 13.3 Å². The molecule has 0 saturated carbocycles. The van der Waals surface area contributed by atoms with Gasteiger partial charge in [-0.3, -0.25) is 4.79 Å². The van der Waals surface area contributed by atoms with Crippen LogP contribution < -0.4 is 10.6 Å². The molecule has 4 N–H and O–H groups in total. The fourth-order valence-corrected chi connectivity index (χ4v) is 1.44. The first kappa shape index (κ1) is 10.1. The Kier molecular flexibility index (Phi) is 2.24. The molecular formula is C9H13N3O3. The minimum Gasteiger partial charge on any atom is -0.379 e. The molecule has 0 spiro atoms. The maximum atomic E-state index is 11.5. The molecule has 2 aliphatic rings. The van der Waals surface area contributed by atoms with Gasteiger partial charge in [0.1, 0.15) is 0 Å². The van der Waals surface area contributed by atoms with Gasteiger partial charge in [0.2, 0.25) is 0 Å². The number of hydrogen-bond donors (Lipinski definition) is 4. The van der Waals surface area contributed by atoms with E-state index in [0.29, 0.717) is 12.1 Å². The highest BCUT2D eigenvalue weighted by atomic mass is 16.3. The summed E-state index contributed by atoms with van der Waals surface area (Å²) >= 11 is 0. The van der Waals surface area contributed by atoms with Gasteiger partial charge in [-0.15, -0.1) is 0 Å². The van der Waals surface area contributed by atoms with Crippen LogP contribution in [0.25, 0.3) is 0 Å². The van der Waals surface area contributed by atoms with E-state index in [4.69, 9.17) is 0 Å². The molecule has 2 rings (SSSR count). The predicted octanol–water partition coefficient (Wildman–Crippen LogP) is -1.54. The Labute approximate surface area is 86.7 Å². The normalized spacial score (nSPS) is 35.4. The van der Waals surface area contributed by atoms with Gasteiger partial charge in [-0.05, 0) is 6.92 Å². The zero-order chi connectivity index (χ0) is 11.1. The van der Waals surface area contributed by atoms with E-state index in [1.807, 2.05) is 0 Å². The molecule has 15 heavy (non-hydrogen) atoms. The third kappa shape index (κ3) is 1.86. The molecule has 82 valence electrons. The first-order valence-corrected chi connectivity index (χ1v) is 4.73. The lowest BCUT2D eigenvalue weighted by Crippen LogP contribution is -2.47. The van der Waals surface area contributed by atoms with Crippen molar-refractivity contribution < 1.29 is 15.0 Å². The fourth-order valence-electron chi connectivity index (χ4n) is 1.44. The summed E-state index contributed by atoms with van der Waals surface area (Å²) in [6.07, 6.45) is 1.33. The number of dihydropyridines is 1. The monoisotopic (exact) mass is 211 g/mol. The molecule has 0 bridgehead atoms. The molecule has 1 amide bonds. The quantitative estimate of drug-likeness (QED) is 0.390. The highest BCUT2D eigenvalue weighted by molar-refractivity contribution is 6.10. The van der Waals surface area contributed by atoms with Crippen LogP contribution >= 0.6 is 0 Å². The second-order valence-electron chi connectivity index (χ2n) is 3.89. The number of fused-ring (bicyclic) bond motifs is 1. The Morgan fingerprint density at radius 3 is 3.13 bits per heavy atom. The maximum Gasteiger partial charge on any atom is 0.259 e. The highest BCUT2D eigenvalue weighted by Crippen LogP contribution is 2.13. The topological polar surface area (TPSA) is 93.9 Å². The molecule has 6 nitrogen and oxygen atoms in total. The Morgan fingerprint density at radius 2 is 2.40 bits per heavy atom. The van der Waals surface area contributed by atoms with Gasteiger partial charge in [-0.1, -0.05) is 6.08 Å². The molecule has 0 aromatic heterocycles. The number of amidine groups is 1. The van der Waals surface area contributed by atoms with Crippen LogP contribution in [-0.2, 0) is 4.79 Å². The highest BCUT2D eigenvalue weighted by Gasteiger charge is 2.35. The number of nitrogens with zero attached hydrogens (tertiary/aromatic N) is 1. The van der Waals surface area contributed by atoms with Crippen molar-refractivity contribution in [3.63, 3.8) is 0 Å². The lowest BCUT2D eigenvalue weighted by atomic mass is 10.1. The molecule has 2 heterocycles. The molecule has 0 aliphatic carbocycles. The Bertz CT molecular complexity index is 360. The van der Waals surface area contributed by atoms with Crippen LogP contribution in [0.5, 0.6) is 0 Å². The van der Waals surface area contributed by atoms with E-state index >= 15 is 0 Å². The number of rotatable bonds is 0. The Hall–Kier alpha value is -1.40. The average Bonchev–Trinajstić information content (AvgIpc) is 2.25. The number of nitrogens with one attached hydrogen (secondary N) is 2. The number of aliphatic hydroxyl groups is 2. The molecule has 1 fully saturated rings. The van der Waals surface area contributed by atoms with Crippen LogP contribution in [0.4, 0.5) is 0 Å². The van der Waals surface area contributed by atoms with Crippen molar-refractivity contribution in [3.8, 4) is 0 Å². The summed E-state index contributed by atoms with van der Waals surface area (Å²) in [5.74, 6) is -0.234.